The highest BCUT2D eigenvalue weighted by molar-refractivity contribution is 5.87. The van der Waals surface area contributed by atoms with Crippen LogP contribution in [0, 0.1) is 0 Å². The van der Waals surface area contributed by atoms with E-state index in [-0.39, 0.29) is 12.5 Å². The first-order valence-electron chi connectivity index (χ1n) is 5.25. The average molecular weight is 236 g/mol. The highest BCUT2D eigenvalue weighted by Gasteiger charge is 2.18. The third-order valence-electron chi connectivity index (χ3n) is 2.30. The Morgan fingerprint density at radius 1 is 1.53 bits per heavy atom. The van der Waals surface area contributed by atoms with Crippen molar-refractivity contribution in [2.24, 2.45) is 11.5 Å². The Morgan fingerprint density at radius 2 is 2.24 bits per heavy atom. The van der Waals surface area contributed by atoms with Gasteiger partial charge in [-0.15, -0.1) is 0 Å². The molecule has 1 rings (SSSR count). The van der Waals surface area contributed by atoms with E-state index in [1.807, 2.05) is 13.0 Å². The van der Waals surface area contributed by atoms with Crippen molar-refractivity contribution in [1.82, 2.24) is 10.3 Å². The van der Waals surface area contributed by atoms with Gasteiger partial charge in [-0.25, -0.2) is 0 Å². The number of nitrogens with one attached hydrogen (secondary N) is 1. The summed E-state index contributed by atoms with van der Waals surface area (Å²) in [4.78, 5) is 26.2. The minimum absolute atomic E-state index is 0.161. The van der Waals surface area contributed by atoms with Crippen molar-refractivity contribution in [3.8, 4) is 0 Å². The molecular formula is C11H16N4O2. The van der Waals surface area contributed by atoms with Crippen molar-refractivity contribution in [3.63, 3.8) is 0 Å². The maximum Gasteiger partial charge on any atom is 0.237 e. The van der Waals surface area contributed by atoms with E-state index in [2.05, 4.69) is 10.3 Å². The van der Waals surface area contributed by atoms with Crippen LogP contribution in [0.15, 0.2) is 24.5 Å². The highest BCUT2D eigenvalue weighted by atomic mass is 16.2. The van der Waals surface area contributed by atoms with Gasteiger partial charge in [0.25, 0.3) is 0 Å². The van der Waals surface area contributed by atoms with Crippen LogP contribution >= 0.6 is 0 Å². The Hall–Kier alpha value is -1.95. The fourth-order valence-corrected chi connectivity index (χ4v) is 1.35. The van der Waals surface area contributed by atoms with Crippen LogP contribution in [0.5, 0.6) is 0 Å². The molecule has 6 nitrogen and oxygen atoms in total. The molecule has 0 unspecified atom stereocenters. The first-order chi connectivity index (χ1) is 8.00. The molecule has 92 valence electrons. The highest BCUT2D eigenvalue weighted by Crippen LogP contribution is 2.09. The third-order valence-corrected chi connectivity index (χ3v) is 2.30. The summed E-state index contributed by atoms with van der Waals surface area (Å²) in [5.74, 6) is -0.998. The lowest BCUT2D eigenvalue weighted by Crippen LogP contribution is -2.43. The van der Waals surface area contributed by atoms with Gasteiger partial charge in [-0.2, -0.15) is 0 Å². The SMILES string of the molecule is C[C@@H](NC(=O)[C@H](N)CC(N)=O)c1cccnc1. The summed E-state index contributed by atoms with van der Waals surface area (Å²) in [6, 6.07) is 2.50. The number of hydrogen-bond donors (Lipinski definition) is 3. The molecule has 0 aliphatic rings. The second-order valence-corrected chi connectivity index (χ2v) is 3.79. The number of nitrogens with zero attached hydrogens (tertiary/aromatic N) is 1. The Labute approximate surface area is 99.4 Å². The zero-order chi connectivity index (χ0) is 12.8. The van der Waals surface area contributed by atoms with Crippen LogP contribution in [-0.2, 0) is 9.59 Å². The van der Waals surface area contributed by atoms with E-state index in [9.17, 15) is 9.59 Å². The lowest BCUT2D eigenvalue weighted by atomic mass is 10.1. The summed E-state index contributed by atoms with van der Waals surface area (Å²) in [6.07, 6.45) is 3.15. The molecule has 17 heavy (non-hydrogen) atoms. The number of hydrogen-bond acceptors (Lipinski definition) is 4. The second kappa shape index (κ2) is 5.95. The topological polar surface area (TPSA) is 111 Å². The van der Waals surface area contributed by atoms with E-state index in [4.69, 9.17) is 11.5 Å². The average Bonchev–Trinajstić information content (AvgIpc) is 2.29. The maximum atomic E-state index is 11.6. The van der Waals surface area contributed by atoms with Gasteiger partial charge in [-0.1, -0.05) is 6.07 Å². The Kier molecular flexibility index (Phi) is 4.59. The fourth-order valence-electron chi connectivity index (χ4n) is 1.35. The molecule has 0 saturated heterocycles. The molecule has 6 heteroatoms. The number of nitrogens with two attached hydrogens (primary N) is 2. The molecule has 1 aromatic heterocycles. The quantitative estimate of drug-likeness (QED) is 0.637. The number of carbonyl (C=O) groups excluding carboxylic acids is 2. The predicted molar refractivity (Wildman–Crippen MR) is 62.6 cm³/mol. The molecule has 0 radical (unpaired) electrons. The van der Waals surface area contributed by atoms with Crippen LogP contribution in [0.25, 0.3) is 0 Å². The molecule has 1 aromatic rings. The molecule has 0 saturated carbocycles. The summed E-state index contributed by atoms with van der Waals surface area (Å²) >= 11 is 0. The van der Waals surface area contributed by atoms with Gasteiger partial charge in [0, 0.05) is 12.4 Å². The number of primary amides is 1. The zero-order valence-corrected chi connectivity index (χ0v) is 9.59. The van der Waals surface area contributed by atoms with Crippen LogP contribution < -0.4 is 16.8 Å². The number of rotatable bonds is 5. The second-order valence-electron chi connectivity index (χ2n) is 3.79. The molecule has 1 heterocycles. The molecule has 0 fully saturated rings. The first kappa shape index (κ1) is 13.1. The standard InChI is InChI=1S/C11H16N4O2/c1-7(8-3-2-4-14-6-8)15-11(17)9(12)5-10(13)16/h2-4,6-7,9H,5,12H2,1H3,(H2,13,16)(H,15,17)/t7-,9-/m1/s1. The molecule has 5 N–H and O–H groups in total. The van der Waals surface area contributed by atoms with Crippen LogP contribution in [0.3, 0.4) is 0 Å². The minimum atomic E-state index is -0.911. The van der Waals surface area contributed by atoms with Crippen molar-refractivity contribution in [1.29, 1.82) is 0 Å². The van der Waals surface area contributed by atoms with Crippen LogP contribution in [-0.4, -0.2) is 22.8 Å². The van der Waals surface area contributed by atoms with Gasteiger partial charge in [-0.05, 0) is 18.6 Å². The Bertz CT molecular complexity index is 394. The lowest BCUT2D eigenvalue weighted by Gasteiger charge is -2.16. The van der Waals surface area contributed by atoms with E-state index in [0.717, 1.165) is 5.56 Å². The Morgan fingerprint density at radius 3 is 2.76 bits per heavy atom. The number of carbonyl (C=O) groups is 2. The van der Waals surface area contributed by atoms with Gasteiger partial charge >= 0.3 is 0 Å². The largest absolute Gasteiger partial charge is 0.370 e. The van der Waals surface area contributed by atoms with E-state index in [0.29, 0.717) is 0 Å². The monoisotopic (exact) mass is 236 g/mol. The number of amides is 2. The first-order valence-corrected chi connectivity index (χ1v) is 5.25. The molecule has 0 aliphatic carbocycles. The van der Waals surface area contributed by atoms with Crippen LogP contribution in [0.1, 0.15) is 24.9 Å². The van der Waals surface area contributed by atoms with Crippen molar-refractivity contribution in [3.05, 3.63) is 30.1 Å². The molecule has 0 bridgehead atoms. The van der Waals surface area contributed by atoms with Gasteiger partial charge in [0.15, 0.2) is 0 Å². The predicted octanol–water partition coefficient (Wildman–Crippen LogP) is -0.538. The van der Waals surface area contributed by atoms with E-state index in [1.165, 1.54) is 0 Å². The van der Waals surface area contributed by atoms with Crippen molar-refractivity contribution >= 4 is 11.8 Å². The van der Waals surface area contributed by atoms with Crippen LogP contribution in [0.2, 0.25) is 0 Å². The van der Waals surface area contributed by atoms with E-state index >= 15 is 0 Å². The van der Waals surface area contributed by atoms with Crippen LogP contribution in [0.4, 0.5) is 0 Å². The Balaban J connectivity index is 2.54. The van der Waals surface area contributed by atoms with E-state index in [1.54, 1.807) is 18.5 Å². The summed E-state index contributed by atoms with van der Waals surface area (Å²) in [6.45, 7) is 1.81. The fraction of sp³-hybridized carbons (Fsp3) is 0.364. The number of aromatic nitrogens is 1. The van der Waals surface area contributed by atoms with Gasteiger partial charge in [0.05, 0.1) is 18.5 Å². The summed E-state index contributed by atoms with van der Waals surface area (Å²) < 4.78 is 0. The zero-order valence-electron chi connectivity index (χ0n) is 9.59. The molecule has 0 spiro atoms. The molecule has 0 aliphatic heterocycles. The summed E-state index contributed by atoms with van der Waals surface area (Å²) in [5, 5.41) is 2.69. The van der Waals surface area contributed by atoms with Gasteiger partial charge in [0.2, 0.25) is 11.8 Å². The molecule has 2 amide bonds. The van der Waals surface area contributed by atoms with Crippen molar-refractivity contribution < 1.29 is 9.59 Å². The molecule has 2 atom stereocenters. The number of pyridine rings is 1. The van der Waals surface area contributed by atoms with Crippen molar-refractivity contribution in [2.45, 2.75) is 25.4 Å². The third kappa shape index (κ3) is 4.20. The summed E-state index contributed by atoms with van der Waals surface area (Å²) in [7, 11) is 0. The lowest BCUT2D eigenvalue weighted by molar-refractivity contribution is -0.126. The van der Waals surface area contributed by atoms with Gasteiger partial charge in [0.1, 0.15) is 0 Å². The van der Waals surface area contributed by atoms with Gasteiger partial charge < -0.3 is 16.8 Å². The maximum absolute atomic E-state index is 11.6. The normalized spacial score (nSPS) is 13.8. The summed E-state index contributed by atoms with van der Waals surface area (Å²) in [5.41, 5.74) is 11.3. The molecule has 0 aromatic carbocycles. The van der Waals surface area contributed by atoms with E-state index < -0.39 is 17.9 Å². The smallest absolute Gasteiger partial charge is 0.237 e. The van der Waals surface area contributed by atoms with Crippen molar-refractivity contribution in [2.75, 3.05) is 0 Å². The molecular weight excluding hydrogens is 220 g/mol. The van der Waals surface area contributed by atoms with Gasteiger partial charge in [-0.3, -0.25) is 14.6 Å². The minimum Gasteiger partial charge on any atom is -0.370 e.